The van der Waals surface area contributed by atoms with Crippen LogP contribution >= 0.6 is 0 Å². The SMILES string of the molecule is COC(=O)[C@H](Cc1ccc(-c2cccn(C)c2=O)cc1)NC(=O)OC(C)(C)C. The fourth-order valence-electron chi connectivity index (χ4n) is 2.66. The Bertz CT molecular complexity index is 894. The van der Waals surface area contributed by atoms with Crippen LogP contribution in [0.15, 0.2) is 47.4 Å². The quantitative estimate of drug-likeness (QED) is 0.799. The van der Waals surface area contributed by atoms with E-state index >= 15 is 0 Å². The van der Waals surface area contributed by atoms with Crippen molar-refractivity contribution in [2.45, 2.75) is 38.8 Å². The van der Waals surface area contributed by atoms with E-state index in [0.717, 1.165) is 11.1 Å². The second-order valence-electron chi connectivity index (χ2n) is 7.46. The minimum Gasteiger partial charge on any atom is -0.467 e. The number of carbonyl (C=O) groups is 2. The molecule has 1 atom stereocenters. The molecule has 7 heteroatoms. The van der Waals surface area contributed by atoms with Gasteiger partial charge in [0.1, 0.15) is 11.6 Å². The van der Waals surface area contributed by atoms with E-state index in [1.807, 2.05) is 30.3 Å². The van der Waals surface area contributed by atoms with Crippen LogP contribution in [0.25, 0.3) is 11.1 Å². The van der Waals surface area contributed by atoms with Gasteiger partial charge in [0, 0.05) is 25.2 Å². The normalized spacial score (nSPS) is 12.2. The van der Waals surface area contributed by atoms with E-state index < -0.39 is 23.7 Å². The van der Waals surface area contributed by atoms with Crippen LogP contribution in [0.2, 0.25) is 0 Å². The number of nitrogens with zero attached hydrogens (tertiary/aromatic N) is 1. The molecule has 0 fully saturated rings. The van der Waals surface area contributed by atoms with Gasteiger partial charge in [-0.1, -0.05) is 24.3 Å². The Hall–Kier alpha value is -3.09. The highest BCUT2D eigenvalue weighted by Crippen LogP contribution is 2.17. The number of benzene rings is 1. The second kappa shape index (κ2) is 8.73. The summed E-state index contributed by atoms with van der Waals surface area (Å²) in [6.45, 7) is 5.23. The van der Waals surface area contributed by atoms with E-state index in [9.17, 15) is 14.4 Å². The third kappa shape index (κ3) is 5.70. The third-order valence-electron chi connectivity index (χ3n) is 4.00. The largest absolute Gasteiger partial charge is 0.467 e. The number of amides is 1. The lowest BCUT2D eigenvalue weighted by atomic mass is 10.0. The van der Waals surface area contributed by atoms with Gasteiger partial charge >= 0.3 is 12.1 Å². The lowest BCUT2D eigenvalue weighted by molar-refractivity contribution is -0.143. The highest BCUT2D eigenvalue weighted by molar-refractivity contribution is 5.81. The molecule has 2 aromatic rings. The zero-order valence-electron chi connectivity index (χ0n) is 16.8. The standard InChI is InChI=1S/C21H26N2O5/c1-21(2,3)28-20(26)22-17(19(25)27-5)13-14-8-10-15(11-9-14)16-7-6-12-23(4)18(16)24/h6-12,17H,13H2,1-5H3,(H,22,26)/t17-/m0/s1. The average molecular weight is 386 g/mol. The Labute approximate surface area is 164 Å². The number of alkyl carbamates (subject to hydrolysis) is 1. The number of hydrogen-bond donors (Lipinski definition) is 1. The van der Waals surface area contributed by atoms with Crippen molar-refractivity contribution in [3.63, 3.8) is 0 Å². The number of aryl methyl sites for hydroxylation is 1. The first kappa shape index (κ1) is 21.2. The van der Waals surface area contributed by atoms with Gasteiger partial charge in [-0.2, -0.15) is 0 Å². The summed E-state index contributed by atoms with van der Waals surface area (Å²) in [5, 5.41) is 2.55. The van der Waals surface area contributed by atoms with Gasteiger partial charge in [-0.25, -0.2) is 9.59 Å². The molecule has 0 spiro atoms. The Morgan fingerprint density at radius 3 is 2.36 bits per heavy atom. The van der Waals surface area contributed by atoms with E-state index in [4.69, 9.17) is 9.47 Å². The van der Waals surface area contributed by atoms with Crippen molar-refractivity contribution in [1.82, 2.24) is 9.88 Å². The monoisotopic (exact) mass is 386 g/mol. The van der Waals surface area contributed by atoms with Gasteiger partial charge in [0.15, 0.2) is 0 Å². The van der Waals surface area contributed by atoms with Crippen LogP contribution in [0, 0.1) is 0 Å². The molecular weight excluding hydrogens is 360 g/mol. The summed E-state index contributed by atoms with van der Waals surface area (Å²) in [5.74, 6) is -0.563. The number of esters is 1. The maximum absolute atomic E-state index is 12.2. The van der Waals surface area contributed by atoms with Gasteiger partial charge in [-0.15, -0.1) is 0 Å². The number of carbonyl (C=O) groups excluding carboxylic acids is 2. The van der Waals surface area contributed by atoms with Gasteiger partial charge in [-0.3, -0.25) is 4.79 Å². The lowest BCUT2D eigenvalue weighted by Crippen LogP contribution is -2.45. The maximum Gasteiger partial charge on any atom is 0.408 e. The molecule has 28 heavy (non-hydrogen) atoms. The Morgan fingerprint density at radius 2 is 1.79 bits per heavy atom. The molecule has 1 amide bonds. The molecule has 0 aliphatic carbocycles. The zero-order chi connectivity index (χ0) is 20.9. The molecule has 1 aromatic heterocycles. The summed E-state index contributed by atoms with van der Waals surface area (Å²) < 4.78 is 11.5. The number of methoxy groups -OCH3 is 1. The van der Waals surface area contributed by atoms with E-state index in [0.29, 0.717) is 5.56 Å². The second-order valence-corrected chi connectivity index (χ2v) is 7.46. The highest BCUT2D eigenvalue weighted by Gasteiger charge is 2.25. The molecule has 0 aliphatic heterocycles. The van der Waals surface area contributed by atoms with Crippen molar-refractivity contribution < 1.29 is 19.1 Å². The van der Waals surface area contributed by atoms with Crippen molar-refractivity contribution in [2.24, 2.45) is 7.05 Å². The zero-order valence-corrected chi connectivity index (χ0v) is 16.8. The predicted octanol–water partition coefficient (Wildman–Crippen LogP) is 2.66. The van der Waals surface area contributed by atoms with Crippen LogP contribution in [0.1, 0.15) is 26.3 Å². The van der Waals surface area contributed by atoms with Gasteiger partial charge < -0.3 is 19.4 Å². The summed E-state index contributed by atoms with van der Waals surface area (Å²) in [5.41, 5.74) is 1.42. The first-order valence-electron chi connectivity index (χ1n) is 8.93. The lowest BCUT2D eigenvalue weighted by Gasteiger charge is -2.22. The van der Waals surface area contributed by atoms with Crippen LogP contribution in [-0.4, -0.2) is 35.4 Å². The van der Waals surface area contributed by atoms with Crippen LogP contribution in [0.3, 0.4) is 0 Å². The molecule has 0 saturated carbocycles. The number of pyridine rings is 1. The minimum atomic E-state index is -0.879. The van der Waals surface area contributed by atoms with Crippen LogP contribution < -0.4 is 10.9 Å². The number of rotatable bonds is 5. The Morgan fingerprint density at radius 1 is 1.14 bits per heavy atom. The van der Waals surface area contributed by atoms with Crippen molar-refractivity contribution in [3.8, 4) is 11.1 Å². The number of nitrogens with one attached hydrogen (secondary N) is 1. The molecule has 0 radical (unpaired) electrons. The number of ether oxygens (including phenoxy) is 2. The van der Waals surface area contributed by atoms with Crippen molar-refractivity contribution in [2.75, 3.05) is 7.11 Å². The van der Waals surface area contributed by atoms with Crippen molar-refractivity contribution in [1.29, 1.82) is 0 Å². The molecule has 1 N–H and O–H groups in total. The van der Waals surface area contributed by atoms with Crippen LogP contribution in [0.4, 0.5) is 4.79 Å². The Kier molecular flexibility index (Phi) is 6.62. The molecule has 1 heterocycles. The van der Waals surface area contributed by atoms with Crippen LogP contribution in [0.5, 0.6) is 0 Å². The number of aromatic nitrogens is 1. The third-order valence-corrected chi connectivity index (χ3v) is 4.00. The Balaban J connectivity index is 2.16. The summed E-state index contributed by atoms with van der Waals surface area (Å²) in [6.07, 6.45) is 1.25. The fourth-order valence-corrected chi connectivity index (χ4v) is 2.66. The van der Waals surface area contributed by atoms with E-state index in [1.54, 1.807) is 40.1 Å². The molecule has 2 rings (SSSR count). The van der Waals surface area contributed by atoms with Gasteiger partial charge in [0.05, 0.1) is 7.11 Å². The van der Waals surface area contributed by atoms with Gasteiger partial charge in [-0.05, 0) is 44.0 Å². The molecule has 150 valence electrons. The van der Waals surface area contributed by atoms with E-state index in [-0.39, 0.29) is 12.0 Å². The van der Waals surface area contributed by atoms with Gasteiger partial charge in [0.2, 0.25) is 0 Å². The predicted molar refractivity (Wildman–Crippen MR) is 106 cm³/mol. The average Bonchev–Trinajstić information content (AvgIpc) is 2.62. The molecular formula is C21H26N2O5. The summed E-state index contributed by atoms with van der Waals surface area (Å²) in [7, 11) is 2.96. The molecule has 7 nitrogen and oxygen atoms in total. The first-order valence-corrected chi connectivity index (χ1v) is 8.93. The summed E-state index contributed by atoms with van der Waals surface area (Å²) in [4.78, 5) is 36.3. The van der Waals surface area contributed by atoms with Crippen molar-refractivity contribution in [3.05, 3.63) is 58.5 Å². The minimum absolute atomic E-state index is 0.0886. The topological polar surface area (TPSA) is 86.6 Å². The molecule has 0 unspecified atom stereocenters. The number of hydrogen-bond acceptors (Lipinski definition) is 5. The van der Waals surface area contributed by atoms with E-state index in [1.165, 1.54) is 11.7 Å². The molecule has 0 saturated heterocycles. The highest BCUT2D eigenvalue weighted by atomic mass is 16.6. The smallest absolute Gasteiger partial charge is 0.408 e. The summed E-state index contributed by atoms with van der Waals surface area (Å²) in [6, 6.07) is 9.95. The fraction of sp³-hybridized carbons (Fsp3) is 0.381. The summed E-state index contributed by atoms with van der Waals surface area (Å²) >= 11 is 0. The maximum atomic E-state index is 12.2. The van der Waals surface area contributed by atoms with Crippen molar-refractivity contribution >= 4 is 12.1 Å². The van der Waals surface area contributed by atoms with E-state index in [2.05, 4.69) is 5.32 Å². The first-order chi connectivity index (χ1) is 13.1. The molecule has 0 bridgehead atoms. The van der Waals surface area contributed by atoms with Crippen LogP contribution in [-0.2, 0) is 27.7 Å². The van der Waals surface area contributed by atoms with Gasteiger partial charge in [0.25, 0.3) is 5.56 Å². The molecule has 1 aromatic carbocycles. The molecule has 0 aliphatic rings.